The number of hydrogen-bond acceptors (Lipinski definition) is 9. The molecule has 3 atom stereocenters. The molecule has 11 heteroatoms. The lowest BCUT2D eigenvalue weighted by Gasteiger charge is -2.28. The highest BCUT2D eigenvalue weighted by atomic mass is 31.2. The Morgan fingerprint density at radius 2 is 1.15 bits per heavy atom. The van der Waals surface area contributed by atoms with Gasteiger partial charge in [0.1, 0.15) is 19.8 Å². The van der Waals surface area contributed by atoms with E-state index in [1.54, 1.807) is 6.08 Å². The van der Waals surface area contributed by atoms with Crippen LogP contribution in [0.1, 0.15) is 110 Å². The number of ether oxygens (including phenoxy) is 2. The number of esters is 2. The minimum absolute atomic E-state index is 0.0660. The number of unbranched alkanes of at least 4 members (excludes halogenated alkanes) is 2. The number of hydrogen-bond donors (Lipinski definition) is 1. The van der Waals surface area contributed by atoms with Crippen molar-refractivity contribution in [3.63, 3.8) is 0 Å². The van der Waals surface area contributed by atoms with Gasteiger partial charge in [-0.1, -0.05) is 135 Å². The molecule has 59 heavy (non-hydrogen) atoms. The Balaban J connectivity index is 4.64. The summed E-state index contributed by atoms with van der Waals surface area (Å²) < 4.78 is 33.7. The summed E-state index contributed by atoms with van der Waals surface area (Å²) in [6.07, 6.45) is 50.1. The molecule has 0 aromatic rings. The topological polar surface area (TPSA) is 131 Å². The van der Waals surface area contributed by atoms with Crippen LogP contribution in [0.4, 0.5) is 0 Å². The van der Waals surface area contributed by atoms with Gasteiger partial charge < -0.3 is 33.0 Å². The number of nitrogens with zero attached hydrogens (tertiary/aromatic N) is 1. The Morgan fingerprint density at radius 1 is 0.627 bits per heavy atom. The number of carbonyl (C=O) groups excluding carboxylic acids is 2. The molecule has 0 aliphatic heterocycles. The molecule has 0 radical (unpaired) electrons. The Kier molecular flexibility index (Phi) is 36.2. The van der Waals surface area contributed by atoms with Crippen LogP contribution in [0.5, 0.6) is 0 Å². The maximum absolute atomic E-state index is 12.6. The summed E-state index contributed by atoms with van der Waals surface area (Å²) in [6.45, 7) is 3.71. The van der Waals surface area contributed by atoms with E-state index in [-0.39, 0.29) is 26.1 Å². The van der Waals surface area contributed by atoms with Gasteiger partial charge >= 0.3 is 11.9 Å². The molecule has 0 fully saturated rings. The number of aliphatic hydroxyl groups is 1. The summed E-state index contributed by atoms with van der Waals surface area (Å²) in [4.78, 5) is 37.5. The zero-order valence-corrected chi connectivity index (χ0v) is 37.6. The minimum Gasteiger partial charge on any atom is -0.756 e. The molecule has 0 rings (SSSR count). The predicted octanol–water partition coefficient (Wildman–Crippen LogP) is 10.5. The lowest BCUT2D eigenvalue weighted by molar-refractivity contribution is -0.870. The van der Waals surface area contributed by atoms with E-state index in [0.717, 1.165) is 57.8 Å². The fourth-order valence-corrected chi connectivity index (χ4v) is 5.48. The van der Waals surface area contributed by atoms with E-state index in [4.69, 9.17) is 18.5 Å². The normalized spacial score (nSPS) is 15.3. The second kappa shape index (κ2) is 38.6. The zero-order valence-electron chi connectivity index (χ0n) is 36.7. The van der Waals surface area contributed by atoms with Crippen LogP contribution < -0.4 is 4.89 Å². The first-order chi connectivity index (χ1) is 28.4. The summed E-state index contributed by atoms with van der Waals surface area (Å²) >= 11 is 0. The van der Waals surface area contributed by atoms with Crippen LogP contribution in [0.3, 0.4) is 0 Å². The summed E-state index contributed by atoms with van der Waals surface area (Å²) in [5.41, 5.74) is 0. The molecule has 2 unspecified atom stereocenters. The van der Waals surface area contributed by atoms with Crippen molar-refractivity contribution in [3.8, 4) is 0 Å². The van der Waals surface area contributed by atoms with Gasteiger partial charge in [0.25, 0.3) is 7.82 Å². The fourth-order valence-electron chi connectivity index (χ4n) is 4.75. The highest BCUT2D eigenvalue weighted by molar-refractivity contribution is 7.45. The Hall–Kier alpha value is -3.63. The van der Waals surface area contributed by atoms with Crippen molar-refractivity contribution in [1.29, 1.82) is 0 Å². The van der Waals surface area contributed by atoms with Gasteiger partial charge in [0.15, 0.2) is 6.10 Å². The maximum Gasteiger partial charge on any atom is 0.306 e. The van der Waals surface area contributed by atoms with Gasteiger partial charge in [0.2, 0.25) is 0 Å². The van der Waals surface area contributed by atoms with Crippen LogP contribution in [0.25, 0.3) is 0 Å². The predicted molar refractivity (Wildman–Crippen MR) is 241 cm³/mol. The Morgan fingerprint density at radius 3 is 1.73 bits per heavy atom. The molecule has 0 bridgehead atoms. The quantitative estimate of drug-likeness (QED) is 0.0164. The fraction of sp³-hybridized carbons (Fsp3) is 0.542. The van der Waals surface area contributed by atoms with E-state index >= 15 is 0 Å². The Labute approximate surface area is 357 Å². The molecular weight excluding hydrogens is 765 g/mol. The van der Waals surface area contributed by atoms with Crippen molar-refractivity contribution >= 4 is 19.8 Å². The molecular formula is C48H76NO9P. The van der Waals surface area contributed by atoms with Crippen molar-refractivity contribution in [3.05, 3.63) is 122 Å². The van der Waals surface area contributed by atoms with E-state index < -0.39 is 38.6 Å². The summed E-state index contributed by atoms with van der Waals surface area (Å²) in [5.74, 6) is -1.02. The van der Waals surface area contributed by atoms with Crippen LogP contribution in [0.2, 0.25) is 0 Å². The lowest BCUT2D eigenvalue weighted by Crippen LogP contribution is -2.37. The van der Waals surface area contributed by atoms with Gasteiger partial charge in [-0.15, -0.1) is 0 Å². The highest BCUT2D eigenvalue weighted by Gasteiger charge is 2.21. The largest absolute Gasteiger partial charge is 0.756 e. The molecule has 0 aromatic carbocycles. The molecule has 1 N–H and O–H groups in total. The van der Waals surface area contributed by atoms with E-state index in [0.29, 0.717) is 36.7 Å². The van der Waals surface area contributed by atoms with Crippen LogP contribution >= 0.6 is 7.82 Å². The average molecular weight is 842 g/mol. The average Bonchev–Trinajstić information content (AvgIpc) is 3.18. The van der Waals surface area contributed by atoms with Gasteiger partial charge in [-0.25, -0.2) is 0 Å². The van der Waals surface area contributed by atoms with Gasteiger partial charge in [0, 0.05) is 12.8 Å². The third kappa shape index (κ3) is 42.3. The van der Waals surface area contributed by atoms with Gasteiger partial charge in [0.05, 0.1) is 33.9 Å². The van der Waals surface area contributed by atoms with Gasteiger partial charge in [-0.2, -0.15) is 0 Å². The van der Waals surface area contributed by atoms with Crippen molar-refractivity contribution in [1.82, 2.24) is 0 Å². The second-order valence-corrected chi connectivity index (χ2v) is 16.2. The molecule has 0 spiro atoms. The number of carbonyl (C=O) groups is 2. The second-order valence-electron chi connectivity index (χ2n) is 14.8. The molecule has 0 aliphatic rings. The SMILES string of the molecule is CC/C=C\C/C=C\C/C=C\C/C=C\CCCCC(=O)OC[C@H](COP(=O)([O-])OCC[N+](C)(C)C)OC(=O)CC/C=C\C/C=C\C/C=C\C/C=C/C=C/C(O)C/C=C\CC. The molecule has 332 valence electrons. The van der Waals surface area contributed by atoms with Crippen molar-refractivity contribution < 1.29 is 47.2 Å². The number of rotatable bonds is 36. The third-order valence-corrected chi connectivity index (χ3v) is 9.04. The standard InChI is InChI=1S/C48H76NO9P/c1-6-8-10-11-12-13-14-15-16-19-22-25-28-31-35-39-47(51)55-43-46(44-57-59(53,54)56-42-41-49(3,4)5)58-48(52)40-36-32-29-26-23-20-17-18-21-24-27-30-34-38-45(50)37-33-9-7-2/h8-10,12-13,15-16,18,20-23,25,27,29-30,32-34,38,45-46,50H,6-7,11,14,17,19,24,26,28,31,35-37,39-44H2,1-5H3/b10-8-,13-12-,16-15-,21-18-,23-20-,25-22-,30-27+,32-29-,33-9-,38-34+/t45?,46-/m1/s1. The van der Waals surface area contributed by atoms with Gasteiger partial charge in [-0.3, -0.25) is 14.2 Å². The number of allylic oxidation sites excluding steroid dienone is 18. The third-order valence-electron chi connectivity index (χ3n) is 8.07. The smallest absolute Gasteiger partial charge is 0.306 e. The first kappa shape index (κ1) is 55.4. The molecule has 0 saturated carbocycles. The van der Waals surface area contributed by atoms with E-state index in [1.807, 2.05) is 69.8 Å². The molecule has 0 heterocycles. The molecule has 10 nitrogen and oxygen atoms in total. The van der Waals surface area contributed by atoms with Crippen LogP contribution in [-0.2, 0) is 32.7 Å². The number of quaternary nitrogens is 1. The zero-order chi connectivity index (χ0) is 43.7. The van der Waals surface area contributed by atoms with Crippen LogP contribution in [0.15, 0.2) is 122 Å². The van der Waals surface area contributed by atoms with E-state index in [2.05, 4.69) is 80.7 Å². The summed E-state index contributed by atoms with van der Waals surface area (Å²) in [5, 5.41) is 9.85. The van der Waals surface area contributed by atoms with Crippen molar-refractivity contribution in [2.45, 2.75) is 122 Å². The van der Waals surface area contributed by atoms with E-state index in [9.17, 15) is 24.2 Å². The van der Waals surface area contributed by atoms with E-state index in [1.165, 1.54) is 0 Å². The Bertz CT molecular complexity index is 1430. The molecule has 0 amide bonds. The molecule has 0 saturated heterocycles. The number of phosphoric ester groups is 1. The minimum atomic E-state index is -4.67. The number of aliphatic hydroxyl groups excluding tert-OH is 1. The van der Waals surface area contributed by atoms with Crippen LogP contribution in [-0.4, -0.2) is 81.2 Å². The van der Waals surface area contributed by atoms with Crippen LogP contribution in [0, 0.1) is 0 Å². The molecule has 0 aliphatic carbocycles. The van der Waals surface area contributed by atoms with Crippen molar-refractivity contribution in [2.24, 2.45) is 0 Å². The number of phosphoric acid groups is 1. The molecule has 0 aromatic heterocycles. The monoisotopic (exact) mass is 842 g/mol. The van der Waals surface area contributed by atoms with Crippen molar-refractivity contribution in [2.75, 3.05) is 47.5 Å². The van der Waals surface area contributed by atoms with Gasteiger partial charge in [-0.05, 0) is 83.5 Å². The highest BCUT2D eigenvalue weighted by Crippen LogP contribution is 2.38. The first-order valence-corrected chi connectivity index (χ1v) is 22.8. The first-order valence-electron chi connectivity index (χ1n) is 21.4. The maximum atomic E-state index is 12.6. The summed E-state index contributed by atoms with van der Waals surface area (Å²) in [7, 11) is 1.05. The lowest BCUT2D eigenvalue weighted by atomic mass is 10.2. The number of likely N-dealkylation sites (N-methyl/N-ethyl adjacent to an activating group) is 1. The summed E-state index contributed by atoms with van der Waals surface area (Å²) in [6, 6.07) is 0.